The van der Waals surface area contributed by atoms with Crippen molar-refractivity contribution in [3.8, 4) is 0 Å². The van der Waals surface area contributed by atoms with E-state index in [1.165, 1.54) is 0 Å². The van der Waals surface area contributed by atoms with Gasteiger partial charge in [-0.25, -0.2) is 0 Å². The van der Waals surface area contributed by atoms with Crippen LogP contribution < -0.4 is 11.1 Å². The summed E-state index contributed by atoms with van der Waals surface area (Å²) >= 11 is 0. The second-order valence-corrected chi connectivity index (χ2v) is 4.12. The summed E-state index contributed by atoms with van der Waals surface area (Å²) in [6.07, 6.45) is 0.410. The van der Waals surface area contributed by atoms with Crippen LogP contribution in [0.4, 0.5) is 0 Å². The minimum absolute atomic E-state index is 0.122. The molecule has 2 amide bonds. The number of amides is 2. The summed E-state index contributed by atoms with van der Waals surface area (Å²) in [7, 11) is 0. The Hall–Kier alpha value is -1.23. The third kappa shape index (κ3) is 1.98. The summed E-state index contributed by atoms with van der Waals surface area (Å²) in [5, 5.41) is 2.58. The average molecular weight is 197 g/mol. The maximum absolute atomic E-state index is 11.5. The number of carbonyl (C=O) groups is 2. The molecule has 0 aromatic heterocycles. The summed E-state index contributed by atoms with van der Waals surface area (Å²) in [6, 6.07) is -0.122. The Balaban J connectivity index is 2.86. The molecule has 1 atom stereocenters. The molecule has 0 saturated carbocycles. The van der Waals surface area contributed by atoms with E-state index in [9.17, 15) is 9.59 Å². The van der Waals surface area contributed by atoms with Gasteiger partial charge >= 0.3 is 0 Å². The zero-order valence-electron chi connectivity index (χ0n) is 8.63. The van der Waals surface area contributed by atoms with Gasteiger partial charge in [0.2, 0.25) is 5.91 Å². The van der Waals surface area contributed by atoms with E-state index in [4.69, 9.17) is 5.73 Å². The lowest BCUT2D eigenvalue weighted by Crippen LogP contribution is -2.50. The molecule has 0 aromatic rings. The van der Waals surface area contributed by atoms with Crippen molar-refractivity contribution in [1.82, 2.24) is 5.32 Å². The number of carbonyl (C=O) groups excluding carboxylic acids is 2. The first kappa shape index (κ1) is 10.8. The number of aliphatic imine (C=N–C) groups is 1. The lowest BCUT2D eigenvalue weighted by molar-refractivity contribution is -0.139. The lowest BCUT2D eigenvalue weighted by Gasteiger charge is -2.25. The van der Waals surface area contributed by atoms with Gasteiger partial charge in [-0.3, -0.25) is 9.59 Å². The van der Waals surface area contributed by atoms with Gasteiger partial charge in [0.25, 0.3) is 5.91 Å². The molecular formula is C9H15N3O2. The molecule has 5 heteroatoms. The van der Waals surface area contributed by atoms with E-state index in [0.29, 0.717) is 12.3 Å². The van der Waals surface area contributed by atoms with E-state index >= 15 is 0 Å². The predicted octanol–water partition coefficient (Wildman–Crippen LogP) is -0.195. The third-order valence-corrected chi connectivity index (χ3v) is 2.11. The van der Waals surface area contributed by atoms with Crippen molar-refractivity contribution < 1.29 is 9.59 Å². The third-order valence-electron chi connectivity index (χ3n) is 2.11. The zero-order chi connectivity index (χ0) is 10.9. The molecule has 14 heavy (non-hydrogen) atoms. The number of rotatable bonds is 2. The Morgan fingerprint density at radius 3 is 2.50 bits per heavy atom. The highest BCUT2D eigenvalue weighted by molar-refractivity contribution is 6.18. The van der Waals surface area contributed by atoms with Gasteiger partial charge in [0.1, 0.15) is 11.3 Å². The van der Waals surface area contributed by atoms with Crippen LogP contribution in [0.2, 0.25) is 0 Å². The fourth-order valence-electron chi connectivity index (χ4n) is 1.08. The van der Waals surface area contributed by atoms with Crippen LogP contribution >= 0.6 is 0 Å². The van der Waals surface area contributed by atoms with Crippen LogP contribution in [0.15, 0.2) is 4.99 Å². The molecule has 1 rings (SSSR count). The normalized spacial score (nSPS) is 22.7. The van der Waals surface area contributed by atoms with Crippen LogP contribution in [0.5, 0.6) is 0 Å². The van der Waals surface area contributed by atoms with Gasteiger partial charge in [-0.15, -0.1) is 0 Å². The van der Waals surface area contributed by atoms with E-state index in [0.717, 1.165) is 0 Å². The molecule has 0 bridgehead atoms. The fourth-order valence-corrected chi connectivity index (χ4v) is 1.08. The molecule has 1 aliphatic heterocycles. The number of nitrogens with two attached hydrogens (primary N) is 1. The second kappa shape index (κ2) is 3.49. The molecule has 0 aromatic carbocycles. The highest BCUT2D eigenvalue weighted by Gasteiger charge is 2.39. The minimum atomic E-state index is -1.05. The molecule has 0 fully saturated rings. The van der Waals surface area contributed by atoms with Crippen molar-refractivity contribution in [2.24, 2.45) is 16.1 Å². The van der Waals surface area contributed by atoms with Gasteiger partial charge in [-0.05, 0) is 20.8 Å². The molecule has 0 saturated heterocycles. The molecule has 0 spiro atoms. The fraction of sp³-hybridized carbons (Fsp3) is 0.667. The Morgan fingerprint density at radius 2 is 2.07 bits per heavy atom. The Morgan fingerprint density at radius 1 is 1.50 bits per heavy atom. The number of amidine groups is 1. The van der Waals surface area contributed by atoms with Crippen LogP contribution in [0.1, 0.15) is 27.2 Å². The maximum atomic E-state index is 11.5. The lowest BCUT2D eigenvalue weighted by atomic mass is 9.90. The summed E-state index contributed by atoms with van der Waals surface area (Å²) in [5.41, 5.74) is 4.48. The molecule has 78 valence electrons. The van der Waals surface area contributed by atoms with Gasteiger partial charge in [-0.1, -0.05) is 0 Å². The van der Waals surface area contributed by atoms with E-state index in [-0.39, 0.29) is 11.9 Å². The monoisotopic (exact) mass is 197 g/mol. The van der Waals surface area contributed by atoms with Gasteiger partial charge in [0.15, 0.2) is 0 Å². The first-order valence-electron chi connectivity index (χ1n) is 4.53. The first-order chi connectivity index (χ1) is 6.34. The Kier molecular flexibility index (Phi) is 2.71. The van der Waals surface area contributed by atoms with Crippen LogP contribution in [-0.4, -0.2) is 23.7 Å². The van der Waals surface area contributed by atoms with Crippen molar-refractivity contribution in [3.05, 3.63) is 0 Å². The van der Waals surface area contributed by atoms with Gasteiger partial charge < -0.3 is 11.1 Å². The van der Waals surface area contributed by atoms with E-state index in [1.807, 2.05) is 0 Å². The van der Waals surface area contributed by atoms with Crippen molar-refractivity contribution in [1.29, 1.82) is 0 Å². The summed E-state index contributed by atoms with van der Waals surface area (Å²) in [5.74, 6) is -0.348. The molecule has 3 N–H and O–H groups in total. The van der Waals surface area contributed by atoms with Crippen molar-refractivity contribution >= 4 is 17.6 Å². The smallest absolute Gasteiger partial charge is 0.262 e. The highest BCUT2D eigenvalue weighted by Crippen LogP contribution is 2.20. The number of hydrogen-bond acceptors (Lipinski definition) is 3. The molecule has 5 nitrogen and oxygen atoms in total. The highest BCUT2D eigenvalue weighted by atomic mass is 16.2. The number of nitrogens with one attached hydrogen (secondary N) is 1. The maximum Gasteiger partial charge on any atom is 0.262 e. The van der Waals surface area contributed by atoms with Crippen LogP contribution in [0.3, 0.4) is 0 Å². The van der Waals surface area contributed by atoms with Gasteiger partial charge in [0.05, 0.1) is 0 Å². The molecule has 0 radical (unpaired) electrons. The standard InChI is InChI=1S/C9H15N3O2/c1-5(10)4-6-11-7(13)9(2,3)8(14)12-6/h5H,4,10H2,1-3H3,(H,11,12,13,14). The van der Waals surface area contributed by atoms with E-state index < -0.39 is 11.3 Å². The van der Waals surface area contributed by atoms with Crippen LogP contribution in [-0.2, 0) is 9.59 Å². The largest absolute Gasteiger partial charge is 0.328 e. The summed E-state index contributed by atoms with van der Waals surface area (Å²) < 4.78 is 0. The Labute approximate surface area is 82.8 Å². The quantitative estimate of drug-likeness (QED) is 0.601. The Bertz CT molecular complexity index is 305. The number of hydrogen-bond donors (Lipinski definition) is 2. The topological polar surface area (TPSA) is 84.5 Å². The predicted molar refractivity (Wildman–Crippen MR) is 52.6 cm³/mol. The van der Waals surface area contributed by atoms with Crippen LogP contribution in [0.25, 0.3) is 0 Å². The second-order valence-electron chi connectivity index (χ2n) is 4.12. The van der Waals surface area contributed by atoms with Gasteiger partial charge in [0, 0.05) is 12.5 Å². The van der Waals surface area contributed by atoms with E-state index in [1.54, 1.807) is 20.8 Å². The molecule has 0 aliphatic carbocycles. The summed E-state index contributed by atoms with van der Waals surface area (Å²) in [4.78, 5) is 26.7. The molecular weight excluding hydrogens is 182 g/mol. The SMILES string of the molecule is CC(N)CC1=NC(=O)C(C)(C)C(=O)N1. The van der Waals surface area contributed by atoms with Gasteiger partial charge in [-0.2, -0.15) is 4.99 Å². The summed E-state index contributed by atoms with van der Waals surface area (Å²) in [6.45, 7) is 4.90. The zero-order valence-corrected chi connectivity index (χ0v) is 8.63. The number of nitrogens with zero attached hydrogens (tertiary/aromatic N) is 1. The molecule has 1 aliphatic rings. The van der Waals surface area contributed by atoms with Crippen molar-refractivity contribution in [3.63, 3.8) is 0 Å². The van der Waals surface area contributed by atoms with E-state index in [2.05, 4.69) is 10.3 Å². The van der Waals surface area contributed by atoms with Crippen molar-refractivity contribution in [2.45, 2.75) is 33.2 Å². The minimum Gasteiger partial charge on any atom is -0.328 e. The van der Waals surface area contributed by atoms with Crippen molar-refractivity contribution in [2.75, 3.05) is 0 Å². The first-order valence-corrected chi connectivity index (χ1v) is 4.53. The molecule has 1 heterocycles. The van der Waals surface area contributed by atoms with Crippen LogP contribution in [0, 0.1) is 5.41 Å². The average Bonchev–Trinajstić information content (AvgIpc) is 1.99. The molecule has 1 unspecified atom stereocenters.